The second kappa shape index (κ2) is 17.5. The average molecular weight is 487 g/mol. The summed E-state index contributed by atoms with van der Waals surface area (Å²) in [6, 6.07) is 6.95. The Hall–Kier alpha value is -2.90. The van der Waals surface area contributed by atoms with Crippen LogP contribution in [-0.2, 0) is 0 Å². The Morgan fingerprint density at radius 2 is 1.37 bits per heavy atom. The van der Waals surface area contributed by atoms with E-state index in [-0.39, 0.29) is 17.4 Å². The molecule has 35 heavy (non-hydrogen) atoms. The Morgan fingerprint density at radius 1 is 0.829 bits per heavy atom. The highest BCUT2D eigenvalue weighted by Gasteiger charge is 2.25. The minimum absolute atomic E-state index is 0.113. The normalized spacial score (nSPS) is 10.8. The third kappa shape index (κ3) is 10.9. The summed E-state index contributed by atoms with van der Waals surface area (Å²) in [5.74, 6) is 0.884. The highest BCUT2D eigenvalue weighted by Crippen LogP contribution is 2.37. The summed E-state index contributed by atoms with van der Waals surface area (Å²) in [5.41, 5.74) is -0.274. The molecule has 0 unspecified atom stereocenters. The number of para-hydroxylation sites is 2. The molecule has 0 fully saturated rings. The molecular weight excluding hydrogens is 444 g/mol. The molecule has 0 saturated heterocycles. The summed E-state index contributed by atoms with van der Waals surface area (Å²) in [6.45, 7) is 2.88. The van der Waals surface area contributed by atoms with Crippen molar-refractivity contribution in [3.63, 3.8) is 0 Å². The van der Waals surface area contributed by atoms with E-state index in [0.29, 0.717) is 18.0 Å². The van der Waals surface area contributed by atoms with Crippen LogP contribution in [0, 0.1) is 10.1 Å². The first-order valence-corrected chi connectivity index (χ1v) is 13.2. The third-order valence-corrected chi connectivity index (χ3v) is 6.07. The van der Waals surface area contributed by atoms with Gasteiger partial charge < -0.3 is 14.8 Å². The van der Waals surface area contributed by atoms with Crippen molar-refractivity contribution >= 4 is 11.5 Å². The Balaban J connectivity index is 1.65. The highest BCUT2D eigenvalue weighted by molar-refractivity contribution is 5.62. The fraction of sp³-hybridized carbons (Fsp3) is 0.630. The Labute approximate surface area is 210 Å². The van der Waals surface area contributed by atoms with Gasteiger partial charge in [-0.25, -0.2) is 4.98 Å². The maximum absolute atomic E-state index is 11.7. The first kappa shape index (κ1) is 28.3. The van der Waals surface area contributed by atoms with E-state index < -0.39 is 4.92 Å². The molecule has 1 N–H and O–H groups in total. The number of hydrogen-bond donors (Lipinski definition) is 1. The van der Waals surface area contributed by atoms with E-state index in [1.54, 1.807) is 24.3 Å². The number of aromatic nitrogens is 2. The molecule has 0 aliphatic rings. The third-order valence-electron chi connectivity index (χ3n) is 6.07. The second-order valence-electron chi connectivity index (χ2n) is 8.91. The molecule has 194 valence electrons. The standard InChI is InChI=1S/C27H42N4O4/c1-3-4-5-6-7-8-9-10-11-12-13-14-15-18-21-28-26-25(31(32)33)27(30-22-29-26)35-24-20-17-16-19-23(24)34-2/h16-17,19-20,22H,3-15,18,21H2,1-2H3,(H,28,29,30). The summed E-state index contributed by atoms with van der Waals surface area (Å²) >= 11 is 0. The van der Waals surface area contributed by atoms with Crippen molar-refractivity contribution in [2.75, 3.05) is 19.0 Å². The minimum atomic E-state index is -0.516. The molecule has 0 radical (unpaired) electrons. The van der Waals surface area contributed by atoms with Crippen molar-refractivity contribution < 1.29 is 14.4 Å². The number of nitrogens with one attached hydrogen (secondary N) is 1. The smallest absolute Gasteiger partial charge is 0.373 e. The zero-order chi connectivity index (χ0) is 25.1. The molecule has 0 saturated carbocycles. The SMILES string of the molecule is CCCCCCCCCCCCCCCCNc1ncnc(Oc2ccccc2OC)c1[N+](=O)[O-]. The molecule has 8 nitrogen and oxygen atoms in total. The van der Waals surface area contributed by atoms with Crippen LogP contribution in [0.5, 0.6) is 17.4 Å². The van der Waals surface area contributed by atoms with E-state index in [1.807, 2.05) is 0 Å². The Kier molecular flexibility index (Phi) is 14.2. The maximum Gasteiger partial charge on any atom is 0.373 e. The van der Waals surface area contributed by atoms with Gasteiger partial charge in [-0.15, -0.1) is 0 Å². The number of nitrogens with zero attached hydrogens (tertiary/aromatic N) is 3. The fourth-order valence-corrected chi connectivity index (χ4v) is 4.06. The van der Waals surface area contributed by atoms with Gasteiger partial charge in [-0.2, -0.15) is 4.98 Å². The van der Waals surface area contributed by atoms with Gasteiger partial charge in [-0.05, 0) is 18.6 Å². The van der Waals surface area contributed by atoms with Crippen molar-refractivity contribution in [3.8, 4) is 17.4 Å². The van der Waals surface area contributed by atoms with Crippen LogP contribution < -0.4 is 14.8 Å². The van der Waals surface area contributed by atoms with Crippen molar-refractivity contribution in [2.45, 2.75) is 96.8 Å². The minimum Gasteiger partial charge on any atom is -0.493 e. The molecule has 1 aromatic carbocycles. The van der Waals surface area contributed by atoms with Gasteiger partial charge in [0.15, 0.2) is 11.5 Å². The zero-order valence-electron chi connectivity index (χ0n) is 21.5. The van der Waals surface area contributed by atoms with Crippen molar-refractivity contribution in [1.29, 1.82) is 0 Å². The lowest BCUT2D eigenvalue weighted by Gasteiger charge is -2.11. The number of unbranched alkanes of at least 4 members (excludes halogenated alkanes) is 13. The van der Waals surface area contributed by atoms with Gasteiger partial charge in [-0.1, -0.05) is 103 Å². The Morgan fingerprint density at radius 3 is 1.91 bits per heavy atom. The number of benzene rings is 1. The van der Waals surface area contributed by atoms with Crippen LogP contribution in [0.2, 0.25) is 0 Å². The molecule has 2 aromatic rings. The number of ether oxygens (including phenoxy) is 2. The van der Waals surface area contributed by atoms with Gasteiger partial charge in [0.1, 0.15) is 6.33 Å². The maximum atomic E-state index is 11.7. The first-order chi connectivity index (χ1) is 17.2. The van der Waals surface area contributed by atoms with Crippen molar-refractivity contribution in [1.82, 2.24) is 9.97 Å². The van der Waals surface area contributed by atoms with Crippen LogP contribution >= 0.6 is 0 Å². The summed E-state index contributed by atoms with van der Waals surface area (Å²) in [5, 5.41) is 14.8. The molecule has 1 heterocycles. The second-order valence-corrected chi connectivity index (χ2v) is 8.91. The largest absolute Gasteiger partial charge is 0.493 e. The average Bonchev–Trinajstić information content (AvgIpc) is 2.86. The van der Waals surface area contributed by atoms with E-state index in [1.165, 1.54) is 90.5 Å². The number of nitro groups is 1. The lowest BCUT2D eigenvalue weighted by atomic mass is 10.0. The number of hydrogen-bond acceptors (Lipinski definition) is 7. The number of methoxy groups -OCH3 is 1. The van der Waals surface area contributed by atoms with Crippen LogP contribution in [0.1, 0.15) is 96.8 Å². The van der Waals surface area contributed by atoms with Crippen molar-refractivity contribution in [3.05, 3.63) is 40.7 Å². The van der Waals surface area contributed by atoms with E-state index in [2.05, 4.69) is 22.2 Å². The topological polar surface area (TPSA) is 99.4 Å². The molecular formula is C27H42N4O4. The molecule has 8 heteroatoms. The van der Waals surface area contributed by atoms with Gasteiger partial charge >= 0.3 is 11.6 Å². The van der Waals surface area contributed by atoms with E-state index in [4.69, 9.17) is 9.47 Å². The van der Waals surface area contributed by atoms with Gasteiger partial charge in [-0.3, -0.25) is 10.1 Å². The predicted octanol–water partition coefficient (Wildman–Crippen LogP) is 8.08. The van der Waals surface area contributed by atoms with Gasteiger partial charge in [0.2, 0.25) is 5.82 Å². The van der Waals surface area contributed by atoms with Crippen LogP contribution in [-0.4, -0.2) is 28.5 Å². The van der Waals surface area contributed by atoms with E-state index in [9.17, 15) is 10.1 Å². The summed E-state index contributed by atoms with van der Waals surface area (Å²) in [7, 11) is 1.51. The number of anilines is 1. The molecule has 0 aliphatic carbocycles. The van der Waals surface area contributed by atoms with Gasteiger partial charge in [0.05, 0.1) is 12.0 Å². The highest BCUT2D eigenvalue weighted by atomic mass is 16.6. The lowest BCUT2D eigenvalue weighted by Crippen LogP contribution is -2.08. The summed E-state index contributed by atoms with van der Waals surface area (Å²) in [4.78, 5) is 19.3. The monoisotopic (exact) mass is 486 g/mol. The molecule has 0 atom stereocenters. The lowest BCUT2D eigenvalue weighted by molar-refractivity contribution is -0.385. The molecule has 0 amide bonds. The first-order valence-electron chi connectivity index (χ1n) is 13.2. The van der Waals surface area contributed by atoms with Crippen molar-refractivity contribution in [2.24, 2.45) is 0 Å². The molecule has 0 bridgehead atoms. The Bertz CT molecular complexity index is 863. The molecule has 1 aromatic heterocycles. The van der Waals surface area contributed by atoms with Crippen LogP contribution in [0.3, 0.4) is 0 Å². The molecule has 0 spiro atoms. The zero-order valence-corrected chi connectivity index (χ0v) is 21.5. The van der Waals surface area contributed by atoms with Crippen LogP contribution in [0.4, 0.5) is 11.5 Å². The summed E-state index contributed by atoms with van der Waals surface area (Å²) < 4.78 is 11.0. The fourth-order valence-electron chi connectivity index (χ4n) is 4.06. The predicted molar refractivity (Wildman–Crippen MR) is 141 cm³/mol. The van der Waals surface area contributed by atoms with Crippen LogP contribution in [0.25, 0.3) is 0 Å². The van der Waals surface area contributed by atoms with E-state index >= 15 is 0 Å². The van der Waals surface area contributed by atoms with Gasteiger partial charge in [0.25, 0.3) is 0 Å². The molecule has 2 rings (SSSR count). The quantitative estimate of drug-likeness (QED) is 0.115. The van der Waals surface area contributed by atoms with E-state index in [0.717, 1.165) is 12.8 Å². The number of rotatable bonds is 20. The van der Waals surface area contributed by atoms with Gasteiger partial charge in [0, 0.05) is 6.54 Å². The molecule has 0 aliphatic heterocycles. The summed E-state index contributed by atoms with van der Waals surface area (Å²) in [6.07, 6.45) is 19.4. The van der Waals surface area contributed by atoms with Crippen LogP contribution in [0.15, 0.2) is 30.6 Å².